The number of nitrogens with zero attached hydrogens (tertiary/aromatic N) is 2. The van der Waals surface area contributed by atoms with E-state index in [0.717, 1.165) is 0 Å². The van der Waals surface area contributed by atoms with Crippen LogP contribution in [0.3, 0.4) is 0 Å². The van der Waals surface area contributed by atoms with Gasteiger partial charge >= 0.3 is 0 Å². The Morgan fingerprint density at radius 2 is 1.64 bits per heavy atom. The summed E-state index contributed by atoms with van der Waals surface area (Å²) in [6.45, 7) is 6.12. The van der Waals surface area contributed by atoms with E-state index in [2.05, 4.69) is 23.8 Å². The van der Waals surface area contributed by atoms with Crippen LogP contribution in [0, 0.1) is 5.92 Å². The summed E-state index contributed by atoms with van der Waals surface area (Å²) >= 11 is 0. The normalized spacial score (nSPS) is 27.0. The number of hydrogen-bond acceptors (Lipinski definition) is 4. The zero-order valence-corrected chi connectivity index (χ0v) is 9.44. The molecule has 0 spiro atoms. The molecule has 2 atom stereocenters. The second-order valence-corrected chi connectivity index (χ2v) is 3.71. The van der Waals surface area contributed by atoms with E-state index in [1.807, 2.05) is 6.92 Å². The molecule has 0 unspecified atom stereocenters. The molecule has 0 saturated heterocycles. The first-order chi connectivity index (χ1) is 6.60. The van der Waals surface area contributed by atoms with Gasteiger partial charge in [-0.3, -0.25) is 0 Å². The van der Waals surface area contributed by atoms with E-state index >= 15 is 0 Å². The molecule has 0 saturated carbocycles. The summed E-state index contributed by atoms with van der Waals surface area (Å²) < 4.78 is 10.4. The third kappa shape index (κ3) is 2.05. The molecule has 14 heavy (non-hydrogen) atoms. The Hall–Kier alpha value is -1.06. The van der Waals surface area contributed by atoms with E-state index in [4.69, 9.17) is 9.47 Å². The van der Waals surface area contributed by atoms with Crippen molar-refractivity contribution in [2.75, 3.05) is 14.2 Å². The molecule has 0 fully saturated rings. The molecule has 0 N–H and O–H groups in total. The maximum Gasteiger partial charge on any atom is 0.209 e. The maximum absolute atomic E-state index is 5.22. The molecule has 0 amide bonds. The molecule has 0 aromatic rings. The number of ether oxygens (including phenoxy) is 2. The zero-order valence-electron chi connectivity index (χ0n) is 9.44. The molecule has 0 radical (unpaired) electrons. The molecule has 4 nitrogen and oxygen atoms in total. The summed E-state index contributed by atoms with van der Waals surface area (Å²) in [6, 6.07) is -0.0453. The maximum atomic E-state index is 5.22. The summed E-state index contributed by atoms with van der Waals surface area (Å²) in [7, 11) is 3.26. The van der Waals surface area contributed by atoms with Gasteiger partial charge in [-0.2, -0.15) is 0 Å². The van der Waals surface area contributed by atoms with Crippen molar-refractivity contribution in [2.24, 2.45) is 15.9 Å². The largest absolute Gasteiger partial charge is 0.483 e. The van der Waals surface area contributed by atoms with E-state index < -0.39 is 0 Å². The summed E-state index contributed by atoms with van der Waals surface area (Å²) in [5, 5.41) is 0. The Bertz CT molecular complexity index is 259. The Labute approximate surface area is 85.0 Å². The van der Waals surface area contributed by atoms with Gasteiger partial charge in [-0.05, 0) is 12.8 Å². The van der Waals surface area contributed by atoms with Crippen molar-refractivity contribution >= 4 is 11.8 Å². The van der Waals surface area contributed by atoms with Crippen LogP contribution in [0.25, 0.3) is 0 Å². The van der Waals surface area contributed by atoms with Crippen molar-refractivity contribution in [3.05, 3.63) is 0 Å². The van der Waals surface area contributed by atoms with Crippen molar-refractivity contribution in [3.63, 3.8) is 0 Å². The molecule has 1 aliphatic rings. The molecule has 1 aliphatic heterocycles. The molecule has 4 heteroatoms. The first-order valence-corrected chi connectivity index (χ1v) is 4.83. The zero-order chi connectivity index (χ0) is 10.7. The minimum atomic E-state index is -0.0371. The number of hydrogen-bond donors (Lipinski definition) is 0. The van der Waals surface area contributed by atoms with Gasteiger partial charge in [-0.15, -0.1) is 0 Å². The second-order valence-electron chi connectivity index (χ2n) is 3.71. The van der Waals surface area contributed by atoms with Crippen molar-refractivity contribution in [1.29, 1.82) is 0 Å². The smallest absolute Gasteiger partial charge is 0.209 e. The molecule has 0 bridgehead atoms. The molecule has 0 aromatic carbocycles. The SMILES string of the molecule is COC1=N[C@H](C(C)C)C(OC)=N[C@@H]1C. The van der Waals surface area contributed by atoms with Gasteiger partial charge in [0.05, 0.1) is 14.2 Å². The van der Waals surface area contributed by atoms with Gasteiger partial charge in [0.1, 0.15) is 12.1 Å². The monoisotopic (exact) mass is 198 g/mol. The van der Waals surface area contributed by atoms with Crippen molar-refractivity contribution in [2.45, 2.75) is 32.9 Å². The van der Waals surface area contributed by atoms with Gasteiger partial charge in [0.2, 0.25) is 11.8 Å². The van der Waals surface area contributed by atoms with E-state index in [1.54, 1.807) is 14.2 Å². The van der Waals surface area contributed by atoms with Crippen LogP contribution in [0.15, 0.2) is 9.98 Å². The predicted molar refractivity (Wildman–Crippen MR) is 57.0 cm³/mol. The highest BCUT2D eigenvalue weighted by Crippen LogP contribution is 2.16. The van der Waals surface area contributed by atoms with Gasteiger partial charge in [0, 0.05) is 0 Å². The van der Waals surface area contributed by atoms with E-state index in [9.17, 15) is 0 Å². The van der Waals surface area contributed by atoms with Crippen molar-refractivity contribution in [3.8, 4) is 0 Å². The molecule has 1 heterocycles. The highest BCUT2D eigenvalue weighted by molar-refractivity contribution is 5.93. The van der Waals surface area contributed by atoms with E-state index in [-0.39, 0.29) is 12.1 Å². The van der Waals surface area contributed by atoms with Crippen LogP contribution in [0.4, 0.5) is 0 Å². The van der Waals surface area contributed by atoms with Gasteiger partial charge in [0.25, 0.3) is 0 Å². The Balaban J connectivity index is 2.91. The van der Waals surface area contributed by atoms with Crippen LogP contribution < -0.4 is 0 Å². The highest BCUT2D eigenvalue weighted by Gasteiger charge is 2.28. The fraction of sp³-hybridized carbons (Fsp3) is 0.800. The lowest BCUT2D eigenvalue weighted by Crippen LogP contribution is -2.36. The fourth-order valence-corrected chi connectivity index (χ4v) is 1.45. The number of aliphatic imine (C=N–C) groups is 2. The topological polar surface area (TPSA) is 43.2 Å². The third-order valence-electron chi connectivity index (χ3n) is 2.25. The molecule has 0 aromatic heterocycles. The van der Waals surface area contributed by atoms with Gasteiger partial charge in [-0.1, -0.05) is 13.8 Å². The lowest BCUT2D eigenvalue weighted by molar-refractivity contribution is 0.335. The van der Waals surface area contributed by atoms with Crippen LogP contribution >= 0.6 is 0 Å². The molecule has 0 aliphatic carbocycles. The third-order valence-corrected chi connectivity index (χ3v) is 2.25. The van der Waals surface area contributed by atoms with E-state index in [0.29, 0.717) is 17.7 Å². The fourth-order valence-electron chi connectivity index (χ4n) is 1.45. The summed E-state index contributed by atoms with van der Waals surface area (Å²) in [5.74, 6) is 1.75. The van der Waals surface area contributed by atoms with Crippen LogP contribution in [-0.2, 0) is 9.47 Å². The van der Waals surface area contributed by atoms with Gasteiger partial charge < -0.3 is 9.47 Å². The van der Waals surface area contributed by atoms with Crippen molar-refractivity contribution < 1.29 is 9.47 Å². The highest BCUT2D eigenvalue weighted by atomic mass is 16.5. The number of methoxy groups -OCH3 is 2. The molecule has 1 rings (SSSR count). The minimum absolute atomic E-state index is 0.00819. The Morgan fingerprint density at radius 3 is 2.07 bits per heavy atom. The number of rotatable bonds is 1. The van der Waals surface area contributed by atoms with Gasteiger partial charge in [-0.25, -0.2) is 9.98 Å². The summed E-state index contributed by atoms with van der Waals surface area (Å²) in [4.78, 5) is 8.87. The van der Waals surface area contributed by atoms with Crippen LogP contribution in [0.5, 0.6) is 0 Å². The average Bonchev–Trinajstić information content (AvgIpc) is 2.16. The molecular weight excluding hydrogens is 180 g/mol. The Morgan fingerprint density at radius 1 is 1.07 bits per heavy atom. The predicted octanol–water partition coefficient (Wildman–Crippen LogP) is 1.50. The van der Waals surface area contributed by atoms with E-state index in [1.165, 1.54) is 0 Å². The first kappa shape index (κ1) is 11.0. The first-order valence-electron chi connectivity index (χ1n) is 4.83. The average molecular weight is 198 g/mol. The molecule has 80 valence electrons. The Kier molecular flexibility index (Phi) is 3.49. The van der Waals surface area contributed by atoms with Crippen LogP contribution in [0.2, 0.25) is 0 Å². The summed E-state index contributed by atoms with van der Waals surface area (Å²) in [6.07, 6.45) is 0. The van der Waals surface area contributed by atoms with Crippen LogP contribution in [0.1, 0.15) is 20.8 Å². The van der Waals surface area contributed by atoms with Gasteiger partial charge in [0.15, 0.2) is 0 Å². The standard InChI is InChI=1S/C10H18N2O2/c1-6(2)8-10(14-5)11-7(3)9(12-8)13-4/h6-8H,1-5H3/t7-,8-/m1/s1. The van der Waals surface area contributed by atoms with Crippen molar-refractivity contribution in [1.82, 2.24) is 0 Å². The lowest BCUT2D eigenvalue weighted by atomic mass is 10.0. The second kappa shape index (κ2) is 4.44. The summed E-state index contributed by atoms with van der Waals surface area (Å²) in [5.41, 5.74) is 0. The lowest BCUT2D eigenvalue weighted by Gasteiger charge is -2.25. The minimum Gasteiger partial charge on any atom is -0.483 e. The molecular formula is C10H18N2O2. The quantitative estimate of drug-likeness (QED) is 0.641. The van der Waals surface area contributed by atoms with Crippen LogP contribution in [-0.4, -0.2) is 38.1 Å².